The topological polar surface area (TPSA) is 135 Å². The molecule has 100 valence electrons. The minimum absolute atomic E-state index is 0.00246. The minimum Gasteiger partial charge on any atom is -0.477 e. The number of ether oxygens (including phenoxy) is 1. The number of aryl methyl sites for hydroxylation is 1. The van der Waals surface area contributed by atoms with Crippen molar-refractivity contribution in [1.82, 2.24) is 0 Å². The maximum absolute atomic E-state index is 11.2. The average molecular weight is 278 g/mol. The van der Waals surface area contributed by atoms with Gasteiger partial charge >= 0.3 is 17.1 Å². The van der Waals surface area contributed by atoms with Crippen molar-refractivity contribution < 1.29 is 34.0 Å². The van der Waals surface area contributed by atoms with Gasteiger partial charge in [0.2, 0.25) is 0 Å². The van der Waals surface area contributed by atoms with Gasteiger partial charge in [-0.3, -0.25) is 0 Å². The predicted octanol–water partition coefficient (Wildman–Crippen LogP) is -0.394. The highest BCUT2D eigenvalue weighted by Crippen LogP contribution is 2.11. The lowest BCUT2D eigenvalue weighted by atomic mass is 10.4. The average Bonchev–Trinajstić information content (AvgIpc) is 2.61. The van der Waals surface area contributed by atoms with Gasteiger partial charge in [-0.1, -0.05) is 0 Å². The van der Waals surface area contributed by atoms with E-state index >= 15 is 0 Å². The summed E-state index contributed by atoms with van der Waals surface area (Å²) in [6.45, 7) is 1.26. The van der Waals surface area contributed by atoms with E-state index in [-0.39, 0.29) is 23.9 Å². The van der Waals surface area contributed by atoms with Crippen LogP contribution in [-0.2, 0) is 16.1 Å². The maximum atomic E-state index is 11.2. The van der Waals surface area contributed by atoms with Crippen LogP contribution in [0.1, 0.15) is 11.5 Å². The van der Waals surface area contributed by atoms with Crippen LogP contribution < -0.4 is 11.6 Å². The smallest absolute Gasteiger partial charge is 0.477 e. The third kappa shape index (κ3) is 4.26. The van der Waals surface area contributed by atoms with Crippen LogP contribution in [0.2, 0.25) is 0 Å². The van der Waals surface area contributed by atoms with E-state index in [2.05, 4.69) is 14.6 Å². The van der Waals surface area contributed by atoms with Crippen LogP contribution in [0.25, 0.3) is 0 Å². The molecule has 1 rings (SSSR count). The van der Waals surface area contributed by atoms with Crippen molar-refractivity contribution in [2.75, 3.05) is 5.75 Å². The maximum Gasteiger partial charge on any atom is 0.519 e. The van der Waals surface area contributed by atoms with Crippen molar-refractivity contribution in [3.05, 3.63) is 22.1 Å². The Hall–Kier alpha value is -1.74. The van der Waals surface area contributed by atoms with Crippen LogP contribution in [0, 0.1) is 6.92 Å². The van der Waals surface area contributed by atoms with Gasteiger partial charge in [0, 0.05) is 0 Å². The molecule has 0 saturated heterocycles. The first kappa shape index (κ1) is 14.3. The summed E-state index contributed by atoms with van der Waals surface area (Å²) in [6.07, 6.45) is 0. The SMILES string of the molecule is Cc1oc(=O)oc1COC(=O)SC[C@H]([NH3+])C(=O)O. The van der Waals surface area contributed by atoms with E-state index in [0.29, 0.717) is 11.8 Å². The Morgan fingerprint density at radius 2 is 2.17 bits per heavy atom. The molecule has 18 heavy (non-hydrogen) atoms. The molecule has 0 unspecified atom stereocenters. The Labute approximate surface area is 105 Å². The zero-order chi connectivity index (χ0) is 13.7. The number of carboxylic acid groups (broad SMARTS) is 1. The highest BCUT2D eigenvalue weighted by Gasteiger charge is 2.19. The monoisotopic (exact) mass is 278 g/mol. The minimum atomic E-state index is -1.09. The number of carbonyl (C=O) groups is 2. The summed E-state index contributed by atoms with van der Waals surface area (Å²) in [7, 11) is 0. The molecular formula is C9H12NO7S+. The quantitative estimate of drug-likeness (QED) is 0.695. The van der Waals surface area contributed by atoms with Gasteiger partial charge in [-0.15, -0.1) is 0 Å². The molecule has 0 spiro atoms. The molecule has 4 N–H and O–H groups in total. The Morgan fingerprint density at radius 3 is 2.67 bits per heavy atom. The molecule has 1 aromatic heterocycles. The molecule has 1 aromatic rings. The third-order valence-electron chi connectivity index (χ3n) is 1.91. The van der Waals surface area contributed by atoms with Crippen molar-refractivity contribution in [3.63, 3.8) is 0 Å². The van der Waals surface area contributed by atoms with Gasteiger partial charge in [0.25, 0.3) is 0 Å². The highest BCUT2D eigenvalue weighted by atomic mass is 32.2. The summed E-state index contributed by atoms with van der Waals surface area (Å²) in [4.78, 5) is 32.4. The molecule has 0 aliphatic heterocycles. The van der Waals surface area contributed by atoms with Gasteiger partial charge in [0.1, 0.15) is 0 Å². The van der Waals surface area contributed by atoms with Crippen molar-refractivity contribution in [3.8, 4) is 0 Å². The molecule has 0 aliphatic rings. The van der Waals surface area contributed by atoms with Gasteiger partial charge < -0.3 is 24.4 Å². The molecule has 0 amide bonds. The fourth-order valence-electron chi connectivity index (χ4n) is 0.912. The molecular weight excluding hydrogens is 266 g/mol. The van der Waals surface area contributed by atoms with Crippen LogP contribution in [0.3, 0.4) is 0 Å². The Morgan fingerprint density at radius 1 is 1.50 bits per heavy atom. The summed E-state index contributed by atoms with van der Waals surface area (Å²) in [5.41, 5.74) is 3.34. The normalized spacial score (nSPS) is 12.1. The number of hydrogen-bond acceptors (Lipinski definition) is 7. The van der Waals surface area contributed by atoms with E-state index in [4.69, 9.17) is 9.84 Å². The summed E-state index contributed by atoms with van der Waals surface area (Å²) in [5.74, 6) is -1.60. The first-order valence-corrected chi connectivity index (χ1v) is 5.83. The second-order valence-corrected chi connectivity index (χ2v) is 4.27. The molecule has 9 heteroatoms. The molecule has 0 fully saturated rings. The standard InChI is InChI=1S/C9H11NO7S/c1-4-6(17-8(13)16-4)2-15-9(14)18-3-5(10)7(11)12/h5H,2-3,10H2,1H3,(H,11,12)/p+1/t5-/m0/s1. The van der Waals surface area contributed by atoms with Crippen molar-refractivity contribution in [1.29, 1.82) is 0 Å². The van der Waals surface area contributed by atoms with E-state index in [0.717, 1.165) is 0 Å². The predicted molar refractivity (Wildman–Crippen MR) is 58.9 cm³/mol. The molecule has 8 nitrogen and oxygen atoms in total. The lowest BCUT2D eigenvalue weighted by molar-refractivity contribution is -0.400. The molecule has 0 bridgehead atoms. The van der Waals surface area contributed by atoms with Gasteiger partial charge in [0.15, 0.2) is 24.2 Å². The van der Waals surface area contributed by atoms with Crippen molar-refractivity contribution in [2.45, 2.75) is 19.6 Å². The molecule has 0 aliphatic carbocycles. The fourth-order valence-corrected chi connectivity index (χ4v) is 1.53. The number of rotatable bonds is 5. The second kappa shape index (κ2) is 6.26. The summed E-state index contributed by atoms with van der Waals surface area (Å²) in [6, 6.07) is -0.892. The van der Waals surface area contributed by atoms with Gasteiger partial charge in [-0.05, 0) is 18.7 Å². The van der Waals surface area contributed by atoms with Crippen LogP contribution in [0.4, 0.5) is 4.79 Å². The number of carboxylic acids is 1. The van der Waals surface area contributed by atoms with Crippen LogP contribution in [0.15, 0.2) is 13.6 Å². The van der Waals surface area contributed by atoms with E-state index in [1.165, 1.54) is 6.92 Å². The summed E-state index contributed by atoms with van der Waals surface area (Å²) >= 11 is 0.690. The van der Waals surface area contributed by atoms with Crippen LogP contribution in [-0.4, -0.2) is 28.2 Å². The molecule has 0 saturated carbocycles. The van der Waals surface area contributed by atoms with Crippen molar-refractivity contribution >= 4 is 23.0 Å². The number of aliphatic carboxylic acids is 1. The van der Waals surface area contributed by atoms with Crippen LogP contribution in [0.5, 0.6) is 0 Å². The fraction of sp³-hybridized carbons (Fsp3) is 0.444. The second-order valence-electron chi connectivity index (χ2n) is 3.32. The lowest BCUT2D eigenvalue weighted by Gasteiger charge is -2.03. The molecule has 1 heterocycles. The van der Waals surface area contributed by atoms with E-state index in [9.17, 15) is 14.4 Å². The molecule has 1 atom stereocenters. The third-order valence-corrected chi connectivity index (χ3v) is 2.83. The van der Waals surface area contributed by atoms with E-state index in [1.54, 1.807) is 0 Å². The van der Waals surface area contributed by atoms with Gasteiger partial charge in [0.05, 0.1) is 5.75 Å². The van der Waals surface area contributed by atoms with Gasteiger partial charge in [-0.25, -0.2) is 14.4 Å². The largest absolute Gasteiger partial charge is 0.519 e. The lowest BCUT2D eigenvalue weighted by Crippen LogP contribution is -2.66. The number of quaternary nitrogens is 1. The first-order valence-electron chi connectivity index (χ1n) is 4.85. The van der Waals surface area contributed by atoms with Crippen LogP contribution >= 0.6 is 11.8 Å². The zero-order valence-electron chi connectivity index (χ0n) is 9.50. The van der Waals surface area contributed by atoms with E-state index < -0.39 is 23.1 Å². The van der Waals surface area contributed by atoms with Crippen molar-refractivity contribution in [2.24, 2.45) is 0 Å². The Balaban J connectivity index is 2.36. The number of carbonyl (C=O) groups excluding carboxylic acids is 1. The number of thioether (sulfide) groups is 1. The Kier molecular flexibility index (Phi) is 4.98. The molecule has 0 radical (unpaired) electrons. The Bertz CT molecular complexity index is 491. The van der Waals surface area contributed by atoms with Gasteiger partial charge in [-0.2, -0.15) is 0 Å². The molecule has 0 aromatic carbocycles. The van der Waals surface area contributed by atoms with E-state index in [1.807, 2.05) is 0 Å². The zero-order valence-corrected chi connectivity index (χ0v) is 10.3. The first-order chi connectivity index (χ1) is 8.40. The number of hydrogen-bond donors (Lipinski definition) is 2. The summed E-state index contributed by atoms with van der Waals surface area (Å²) < 4.78 is 13.9. The highest BCUT2D eigenvalue weighted by molar-refractivity contribution is 8.13. The summed E-state index contributed by atoms with van der Waals surface area (Å²) in [5, 5.41) is 7.88.